The Morgan fingerprint density at radius 2 is 1.95 bits per heavy atom. The Kier molecular flexibility index (Phi) is 4.72. The van der Waals surface area contributed by atoms with E-state index in [1.165, 1.54) is 16.8 Å². The van der Waals surface area contributed by atoms with Gasteiger partial charge in [-0.2, -0.15) is 0 Å². The molecule has 120 valence electrons. The van der Waals surface area contributed by atoms with Crippen molar-refractivity contribution in [2.75, 3.05) is 44.9 Å². The average molecular weight is 320 g/mol. The molecule has 2 amide bonds. The number of hydrogen-bond acceptors (Lipinski definition) is 5. The minimum absolute atomic E-state index is 0.0455. The second-order valence-corrected chi connectivity index (χ2v) is 7.74. The summed E-state index contributed by atoms with van der Waals surface area (Å²) in [5.74, 6) is -1.69. The Labute approximate surface area is 123 Å². The zero-order valence-electron chi connectivity index (χ0n) is 11.9. The van der Waals surface area contributed by atoms with Gasteiger partial charge in [0.2, 0.25) is 0 Å². The summed E-state index contributed by atoms with van der Waals surface area (Å²) in [5.41, 5.74) is 0. The molecule has 0 radical (unpaired) electrons. The summed E-state index contributed by atoms with van der Waals surface area (Å²) in [4.78, 5) is 26.4. The van der Waals surface area contributed by atoms with Crippen LogP contribution in [0.15, 0.2) is 0 Å². The maximum absolute atomic E-state index is 12.4. The molecule has 9 heteroatoms. The molecule has 21 heavy (non-hydrogen) atoms. The predicted octanol–water partition coefficient (Wildman–Crippen LogP) is -0.742. The first-order valence-corrected chi connectivity index (χ1v) is 8.66. The van der Waals surface area contributed by atoms with Gasteiger partial charge in [0, 0.05) is 20.1 Å². The predicted molar refractivity (Wildman–Crippen MR) is 73.7 cm³/mol. The van der Waals surface area contributed by atoms with Gasteiger partial charge >= 0.3 is 12.0 Å². The first-order chi connectivity index (χ1) is 9.82. The van der Waals surface area contributed by atoms with E-state index in [1.54, 1.807) is 0 Å². The fraction of sp³-hybridized carbons (Fsp3) is 0.833. The van der Waals surface area contributed by atoms with Crippen LogP contribution in [0.1, 0.15) is 6.42 Å². The van der Waals surface area contributed by atoms with E-state index < -0.39 is 27.8 Å². The Balaban J connectivity index is 2.03. The van der Waals surface area contributed by atoms with Crippen molar-refractivity contribution < 1.29 is 27.9 Å². The number of sulfone groups is 1. The van der Waals surface area contributed by atoms with E-state index in [9.17, 15) is 18.0 Å². The zero-order chi connectivity index (χ0) is 15.6. The topological polar surface area (TPSA) is 104 Å². The van der Waals surface area contributed by atoms with Crippen molar-refractivity contribution in [1.29, 1.82) is 0 Å². The molecular formula is C12H20N2O6S. The second kappa shape index (κ2) is 6.18. The maximum atomic E-state index is 12.4. The summed E-state index contributed by atoms with van der Waals surface area (Å²) in [7, 11) is -1.55. The fourth-order valence-corrected chi connectivity index (χ4v) is 3.93. The molecule has 2 rings (SSSR count). The summed E-state index contributed by atoms with van der Waals surface area (Å²) in [5, 5.41) is 9.13. The number of carboxylic acids is 1. The summed E-state index contributed by atoms with van der Waals surface area (Å²) >= 11 is 0. The summed E-state index contributed by atoms with van der Waals surface area (Å²) < 4.78 is 28.3. The molecule has 8 nitrogen and oxygen atoms in total. The van der Waals surface area contributed by atoms with E-state index >= 15 is 0 Å². The minimum atomic E-state index is -3.09. The molecular weight excluding hydrogens is 300 g/mol. The molecule has 0 saturated carbocycles. The molecule has 2 heterocycles. The molecule has 1 N–H and O–H groups in total. The Morgan fingerprint density at radius 1 is 1.24 bits per heavy atom. The van der Waals surface area contributed by atoms with Gasteiger partial charge in [-0.3, -0.25) is 4.79 Å². The van der Waals surface area contributed by atoms with Crippen LogP contribution in [-0.4, -0.2) is 86.2 Å². The van der Waals surface area contributed by atoms with Crippen LogP contribution in [0.3, 0.4) is 0 Å². The van der Waals surface area contributed by atoms with Gasteiger partial charge in [-0.05, 0) is 6.42 Å². The standard InChI is InChI=1S/C12H20N2O6S/c1-13(10-8-20-7-9(10)11(15)16)12(17)14-3-2-5-21(18,19)6-4-14/h9-10H,2-8H2,1H3,(H,15,16). The molecule has 2 aliphatic rings. The van der Waals surface area contributed by atoms with Gasteiger partial charge in [0.25, 0.3) is 0 Å². The molecule has 2 aliphatic heterocycles. The Hall–Kier alpha value is -1.35. The van der Waals surface area contributed by atoms with Crippen LogP contribution in [0.5, 0.6) is 0 Å². The zero-order valence-corrected chi connectivity index (χ0v) is 12.7. The highest BCUT2D eigenvalue weighted by molar-refractivity contribution is 7.91. The number of amides is 2. The van der Waals surface area contributed by atoms with Crippen LogP contribution in [-0.2, 0) is 19.4 Å². The number of nitrogens with zero attached hydrogens (tertiary/aromatic N) is 2. The smallest absolute Gasteiger partial charge is 0.320 e. The van der Waals surface area contributed by atoms with Gasteiger partial charge in [-0.15, -0.1) is 0 Å². The summed E-state index contributed by atoms with van der Waals surface area (Å²) in [6, 6.07) is -0.858. The van der Waals surface area contributed by atoms with Crippen molar-refractivity contribution in [3.05, 3.63) is 0 Å². The van der Waals surface area contributed by atoms with Crippen LogP contribution in [0.4, 0.5) is 4.79 Å². The number of urea groups is 1. The lowest BCUT2D eigenvalue weighted by Crippen LogP contribution is -2.50. The van der Waals surface area contributed by atoms with E-state index in [-0.39, 0.29) is 37.3 Å². The molecule has 0 aromatic rings. The third kappa shape index (κ3) is 3.65. The summed E-state index contributed by atoms with van der Waals surface area (Å²) in [6.45, 7) is 0.794. The Bertz CT molecular complexity index is 520. The van der Waals surface area contributed by atoms with Crippen molar-refractivity contribution in [2.24, 2.45) is 5.92 Å². The lowest BCUT2D eigenvalue weighted by molar-refractivity contribution is -0.142. The van der Waals surface area contributed by atoms with Crippen LogP contribution in [0, 0.1) is 5.92 Å². The highest BCUT2D eigenvalue weighted by Crippen LogP contribution is 2.20. The third-order valence-corrected chi connectivity index (χ3v) is 5.71. The fourth-order valence-electron chi connectivity index (χ4n) is 2.66. The second-order valence-electron chi connectivity index (χ2n) is 5.44. The van der Waals surface area contributed by atoms with Crippen molar-refractivity contribution in [1.82, 2.24) is 9.80 Å². The number of carbonyl (C=O) groups is 2. The molecule has 2 atom stereocenters. The highest BCUT2D eigenvalue weighted by atomic mass is 32.2. The highest BCUT2D eigenvalue weighted by Gasteiger charge is 2.39. The van der Waals surface area contributed by atoms with Crippen LogP contribution >= 0.6 is 0 Å². The quantitative estimate of drug-likeness (QED) is 0.718. The molecule has 0 bridgehead atoms. The van der Waals surface area contributed by atoms with Crippen LogP contribution < -0.4 is 0 Å². The molecule has 0 aliphatic carbocycles. The largest absolute Gasteiger partial charge is 0.481 e. The lowest BCUT2D eigenvalue weighted by atomic mass is 10.0. The normalized spacial score (nSPS) is 28.9. The third-order valence-electron chi connectivity index (χ3n) is 3.99. The molecule has 2 fully saturated rings. The number of ether oxygens (including phenoxy) is 1. The van der Waals surface area contributed by atoms with Gasteiger partial charge in [-0.1, -0.05) is 0 Å². The SMILES string of the molecule is CN(C(=O)N1CCCS(=O)(=O)CC1)C1COCC1C(=O)O. The van der Waals surface area contributed by atoms with Crippen molar-refractivity contribution >= 4 is 21.8 Å². The van der Waals surface area contributed by atoms with E-state index in [4.69, 9.17) is 9.84 Å². The van der Waals surface area contributed by atoms with Gasteiger partial charge in [-0.25, -0.2) is 13.2 Å². The maximum Gasteiger partial charge on any atom is 0.320 e. The number of rotatable bonds is 2. The molecule has 0 aromatic carbocycles. The van der Waals surface area contributed by atoms with Gasteiger partial charge in [0.15, 0.2) is 9.84 Å². The van der Waals surface area contributed by atoms with Gasteiger partial charge < -0.3 is 19.6 Å². The van der Waals surface area contributed by atoms with E-state index in [1.807, 2.05) is 0 Å². The van der Waals surface area contributed by atoms with Crippen LogP contribution in [0.2, 0.25) is 0 Å². The van der Waals surface area contributed by atoms with E-state index in [2.05, 4.69) is 0 Å². The van der Waals surface area contributed by atoms with Gasteiger partial charge in [0.05, 0.1) is 30.8 Å². The Morgan fingerprint density at radius 3 is 2.62 bits per heavy atom. The van der Waals surface area contributed by atoms with Crippen molar-refractivity contribution in [3.8, 4) is 0 Å². The number of carboxylic acid groups (broad SMARTS) is 1. The lowest BCUT2D eigenvalue weighted by Gasteiger charge is -2.31. The number of hydrogen-bond donors (Lipinski definition) is 1. The molecule has 2 saturated heterocycles. The number of likely N-dealkylation sites (N-methyl/N-ethyl adjacent to an activating group) is 1. The summed E-state index contributed by atoms with van der Waals surface area (Å²) in [6.07, 6.45) is 0.408. The first-order valence-electron chi connectivity index (χ1n) is 6.84. The first kappa shape index (κ1) is 16.0. The van der Waals surface area contributed by atoms with Crippen molar-refractivity contribution in [2.45, 2.75) is 12.5 Å². The number of aliphatic carboxylic acids is 1. The molecule has 0 spiro atoms. The number of carbonyl (C=O) groups excluding carboxylic acids is 1. The van der Waals surface area contributed by atoms with E-state index in [0.29, 0.717) is 13.0 Å². The van der Waals surface area contributed by atoms with Gasteiger partial charge in [0.1, 0.15) is 5.92 Å². The minimum Gasteiger partial charge on any atom is -0.481 e. The molecule has 0 aromatic heterocycles. The molecule has 2 unspecified atom stereocenters. The van der Waals surface area contributed by atoms with E-state index in [0.717, 1.165) is 0 Å². The monoisotopic (exact) mass is 320 g/mol. The van der Waals surface area contributed by atoms with Crippen LogP contribution in [0.25, 0.3) is 0 Å². The average Bonchev–Trinajstić information content (AvgIpc) is 2.83. The van der Waals surface area contributed by atoms with Crippen molar-refractivity contribution in [3.63, 3.8) is 0 Å².